The lowest BCUT2D eigenvalue weighted by Gasteiger charge is -2.11. The first-order valence-corrected chi connectivity index (χ1v) is 5.36. The van der Waals surface area contributed by atoms with Crippen LogP contribution in [-0.2, 0) is 6.18 Å². The molecule has 0 saturated heterocycles. The Morgan fingerprint density at radius 2 is 1.89 bits per heavy atom. The van der Waals surface area contributed by atoms with Crippen LogP contribution in [0.5, 0.6) is 0 Å². The number of benzene rings is 1. The zero-order chi connectivity index (χ0) is 13.3. The molecule has 0 aliphatic heterocycles. The number of halogens is 4. The Morgan fingerprint density at radius 1 is 1.17 bits per heavy atom. The maximum absolute atomic E-state index is 12.5. The standard InChI is InChI=1S/C12H8ClF3O2/c13-10-5-4-9(18-10)11(17)7-2-1-3-8(6-7)12(14,15)16/h1-6,11,17H. The van der Waals surface area contributed by atoms with Gasteiger partial charge in [-0.05, 0) is 41.4 Å². The number of aliphatic hydroxyl groups excluding tert-OH is 1. The maximum atomic E-state index is 12.5. The molecule has 0 fully saturated rings. The van der Waals surface area contributed by atoms with Crippen LogP contribution in [-0.4, -0.2) is 5.11 Å². The summed E-state index contributed by atoms with van der Waals surface area (Å²) in [6, 6.07) is 7.25. The van der Waals surface area contributed by atoms with Crippen LogP contribution in [0.3, 0.4) is 0 Å². The molecule has 2 rings (SSSR count). The van der Waals surface area contributed by atoms with Gasteiger partial charge in [0.15, 0.2) is 5.22 Å². The Morgan fingerprint density at radius 3 is 2.44 bits per heavy atom. The molecule has 0 aliphatic carbocycles. The molecule has 0 saturated carbocycles. The predicted molar refractivity (Wildman–Crippen MR) is 59.2 cm³/mol. The van der Waals surface area contributed by atoms with Crippen LogP contribution in [0.4, 0.5) is 13.2 Å². The van der Waals surface area contributed by atoms with Gasteiger partial charge in [0.05, 0.1) is 5.56 Å². The van der Waals surface area contributed by atoms with Crippen molar-refractivity contribution in [1.29, 1.82) is 0 Å². The van der Waals surface area contributed by atoms with Gasteiger partial charge in [0.2, 0.25) is 0 Å². The summed E-state index contributed by atoms with van der Waals surface area (Å²) in [5.41, 5.74) is -0.729. The van der Waals surface area contributed by atoms with E-state index in [0.717, 1.165) is 12.1 Å². The van der Waals surface area contributed by atoms with Gasteiger partial charge < -0.3 is 9.52 Å². The van der Waals surface area contributed by atoms with Gasteiger partial charge in [-0.3, -0.25) is 0 Å². The van der Waals surface area contributed by atoms with Crippen molar-refractivity contribution in [1.82, 2.24) is 0 Å². The van der Waals surface area contributed by atoms with E-state index in [-0.39, 0.29) is 16.5 Å². The molecule has 0 aliphatic rings. The monoisotopic (exact) mass is 276 g/mol. The molecule has 6 heteroatoms. The Kier molecular flexibility index (Phi) is 3.36. The highest BCUT2D eigenvalue weighted by Crippen LogP contribution is 2.32. The fourth-order valence-electron chi connectivity index (χ4n) is 1.52. The second-order valence-electron chi connectivity index (χ2n) is 3.67. The van der Waals surface area contributed by atoms with Gasteiger partial charge in [0.25, 0.3) is 0 Å². The van der Waals surface area contributed by atoms with Crippen LogP contribution in [0, 0.1) is 0 Å². The van der Waals surface area contributed by atoms with Crippen molar-refractivity contribution < 1.29 is 22.7 Å². The topological polar surface area (TPSA) is 33.4 Å². The van der Waals surface area contributed by atoms with Crippen molar-refractivity contribution >= 4 is 11.6 Å². The maximum Gasteiger partial charge on any atom is 0.416 e. The molecule has 0 bridgehead atoms. The number of alkyl halides is 3. The average molecular weight is 277 g/mol. The molecule has 1 unspecified atom stereocenters. The van der Waals surface area contributed by atoms with Gasteiger partial charge >= 0.3 is 6.18 Å². The molecular formula is C12H8ClF3O2. The van der Waals surface area contributed by atoms with Crippen molar-refractivity contribution in [3.63, 3.8) is 0 Å². The van der Waals surface area contributed by atoms with Gasteiger partial charge in [-0.2, -0.15) is 13.2 Å². The van der Waals surface area contributed by atoms with E-state index in [4.69, 9.17) is 16.0 Å². The zero-order valence-corrected chi connectivity index (χ0v) is 9.66. The number of furan rings is 1. The second-order valence-corrected chi connectivity index (χ2v) is 4.04. The van der Waals surface area contributed by atoms with E-state index in [1.54, 1.807) is 0 Å². The fraction of sp³-hybridized carbons (Fsp3) is 0.167. The minimum absolute atomic E-state index is 0.0658. The minimum Gasteiger partial charge on any atom is -0.447 e. The van der Waals surface area contributed by atoms with E-state index < -0.39 is 17.8 Å². The second kappa shape index (κ2) is 4.66. The first-order valence-electron chi connectivity index (χ1n) is 4.98. The molecule has 1 atom stereocenters. The Labute approximate surface area is 106 Å². The Balaban J connectivity index is 2.34. The van der Waals surface area contributed by atoms with Crippen LogP contribution in [0.15, 0.2) is 40.8 Å². The lowest BCUT2D eigenvalue weighted by molar-refractivity contribution is -0.137. The van der Waals surface area contributed by atoms with Gasteiger partial charge in [-0.25, -0.2) is 0 Å². The third-order valence-corrected chi connectivity index (χ3v) is 2.60. The van der Waals surface area contributed by atoms with E-state index in [9.17, 15) is 18.3 Å². The van der Waals surface area contributed by atoms with Crippen molar-refractivity contribution in [2.24, 2.45) is 0 Å². The first kappa shape index (κ1) is 13.0. The SMILES string of the molecule is OC(c1cccc(C(F)(F)F)c1)c1ccc(Cl)o1. The van der Waals surface area contributed by atoms with Crippen LogP contribution >= 0.6 is 11.6 Å². The van der Waals surface area contributed by atoms with Gasteiger partial charge in [0.1, 0.15) is 11.9 Å². The average Bonchev–Trinajstić information content (AvgIpc) is 2.74. The van der Waals surface area contributed by atoms with E-state index in [1.807, 2.05) is 0 Å². The largest absolute Gasteiger partial charge is 0.447 e. The minimum atomic E-state index is -4.45. The van der Waals surface area contributed by atoms with Crippen molar-refractivity contribution in [3.05, 3.63) is 58.5 Å². The number of aliphatic hydroxyl groups is 1. The van der Waals surface area contributed by atoms with Crippen LogP contribution < -0.4 is 0 Å². The molecule has 2 aromatic rings. The third-order valence-electron chi connectivity index (χ3n) is 2.39. The van der Waals surface area contributed by atoms with E-state index >= 15 is 0 Å². The van der Waals surface area contributed by atoms with E-state index in [1.165, 1.54) is 24.3 Å². The Bertz CT molecular complexity index is 548. The van der Waals surface area contributed by atoms with Crippen molar-refractivity contribution in [3.8, 4) is 0 Å². The normalized spacial score (nSPS) is 13.6. The molecule has 1 N–H and O–H groups in total. The molecule has 96 valence electrons. The molecule has 0 amide bonds. The summed E-state index contributed by atoms with van der Waals surface area (Å²) < 4.78 is 42.5. The fourth-order valence-corrected chi connectivity index (χ4v) is 1.68. The van der Waals surface area contributed by atoms with Crippen molar-refractivity contribution in [2.75, 3.05) is 0 Å². The summed E-state index contributed by atoms with van der Waals surface area (Å²) in [4.78, 5) is 0. The molecule has 0 radical (unpaired) electrons. The highest BCUT2D eigenvalue weighted by molar-refractivity contribution is 6.28. The van der Waals surface area contributed by atoms with Gasteiger partial charge in [-0.1, -0.05) is 12.1 Å². The summed E-state index contributed by atoms with van der Waals surface area (Å²) in [5, 5.41) is 9.94. The summed E-state index contributed by atoms with van der Waals surface area (Å²) in [6.07, 6.45) is -5.73. The van der Waals surface area contributed by atoms with Crippen LogP contribution in [0.2, 0.25) is 5.22 Å². The molecule has 1 heterocycles. The zero-order valence-electron chi connectivity index (χ0n) is 8.91. The van der Waals surface area contributed by atoms with Gasteiger partial charge in [-0.15, -0.1) is 0 Å². The lowest BCUT2D eigenvalue weighted by atomic mass is 10.0. The van der Waals surface area contributed by atoms with Gasteiger partial charge in [0, 0.05) is 0 Å². The molecule has 0 spiro atoms. The van der Waals surface area contributed by atoms with Crippen LogP contribution in [0.25, 0.3) is 0 Å². The number of hydrogen-bond donors (Lipinski definition) is 1. The first-order chi connectivity index (χ1) is 8.38. The quantitative estimate of drug-likeness (QED) is 0.898. The highest BCUT2D eigenvalue weighted by atomic mass is 35.5. The van der Waals surface area contributed by atoms with Crippen LogP contribution in [0.1, 0.15) is 23.0 Å². The number of rotatable bonds is 2. The molecule has 2 nitrogen and oxygen atoms in total. The molecule has 18 heavy (non-hydrogen) atoms. The van der Waals surface area contributed by atoms with E-state index in [0.29, 0.717) is 0 Å². The summed E-state index contributed by atoms with van der Waals surface area (Å²) in [6.45, 7) is 0. The van der Waals surface area contributed by atoms with Crippen molar-refractivity contribution in [2.45, 2.75) is 12.3 Å². The third kappa shape index (κ3) is 2.68. The van der Waals surface area contributed by atoms with E-state index in [2.05, 4.69) is 0 Å². The molecule has 1 aromatic heterocycles. The summed E-state index contributed by atoms with van der Waals surface area (Å²) in [5.74, 6) is 0.0966. The lowest BCUT2D eigenvalue weighted by Crippen LogP contribution is -2.07. The molecule has 1 aromatic carbocycles. The summed E-state index contributed by atoms with van der Waals surface area (Å²) in [7, 11) is 0. The predicted octanol–water partition coefficient (Wildman–Crippen LogP) is 4.03. The summed E-state index contributed by atoms with van der Waals surface area (Å²) >= 11 is 5.54. The Hall–Kier alpha value is -1.46. The highest BCUT2D eigenvalue weighted by Gasteiger charge is 2.31. The smallest absolute Gasteiger partial charge is 0.416 e. The molecular weight excluding hydrogens is 269 g/mol. The number of hydrogen-bond acceptors (Lipinski definition) is 2.